The fraction of sp³-hybridized carbons (Fsp3) is 0.125. The molecule has 1 rings (SSSR count). The Morgan fingerprint density at radius 3 is 2.69 bits per heavy atom. The molecule has 68 valence electrons. The highest BCUT2D eigenvalue weighted by molar-refractivity contribution is 5.84. The van der Waals surface area contributed by atoms with Crippen LogP contribution in [0.25, 0.3) is 0 Å². The quantitative estimate of drug-likeness (QED) is 0.717. The van der Waals surface area contributed by atoms with Crippen LogP contribution in [0.5, 0.6) is 0 Å². The summed E-state index contributed by atoms with van der Waals surface area (Å²) in [6.07, 6.45) is 1.74. The van der Waals surface area contributed by atoms with Crippen LogP contribution in [0.1, 0.15) is 22.4 Å². The Morgan fingerprint density at radius 1 is 1.62 bits per heavy atom. The molecule has 0 aliphatic heterocycles. The highest BCUT2D eigenvalue weighted by Crippen LogP contribution is 2.13. The van der Waals surface area contributed by atoms with Gasteiger partial charge in [0, 0.05) is 0 Å². The summed E-state index contributed by atoms with van der Waals surface area (Å²) in [5, 5.41) is 8.46. The van der Waals surface area contributed by atoms with Crippen molar-refractivity contribution in [3.8, 4) is 0 Å². The molecule has 13 heavy (non-hydrogen) atoms. The van der Waals surface area contributed by atoms with E-state index in [1.807, 2.05) is 0 Å². The van der Waals surface area contributed by atoms with Crippen LogP contribution in [-0.4, -0.2) is 21.0 Å². The summed E-state index contributed by atoms with van der Waals surface area (Å²) < 4.78 is 12.8. The number of allylic oxidation sites excluding steroid dienone is 1. The van der Waals surface area contributed by atoms with E-state index < -0.39 is 12.1 Å². The van der Waals surface area contributed by atoms with Gasteiger partial charge in [0.15, 0.2) is 11.9 Å². The molecule has 0 spiro atoms. The van der Waals surface area contributed by atoms with Crippen molar-refractivity contribution < 1.29 is 14.3 Å². The summed E-state index contributed by atoms with van der Waals surface area (Å²) >= 11 is 0. The van der Waals surface area contributed by atoms with Crippen molar-refractivity contribution in [2.75, 3.05) is 0 Å². The fourth-order valence-corrected chi connectivity index (χ4v) is 0.712. The molecule has 1 aromatic rings. The van der Waals surface area contributed by atoms with Gasteiger partial charge >= 0.3 is 5.97 Å². The number of carboxylic acids is 1. The maximum absolute atomic E-state index is 12.8. The van der Waals surface area contributed by atoms with Gasteiger partial charge in [0.1, 0.15) is 0 Å². The van der Waals surface area contributed by atoms with Crippen molar-refractivity contribution in [2.45, 2.75) is 6.17 Å². The SMILES string of the molecule is C=CC(F)c1cnc(C(=O)O)cn1. The lowest BCUT2D eigenvalue weighted by Crippen LogP contribution is -2.03. The lowest BCUT2D eigenvalue weighted by molar-refractivity contribution is 0.0690. The number of alkyl halides is 1. The molecule has 1 aromatic heterocycles. The first-order valence-electron chi connectivity index (χ1n) is 3.47. The third-order valence-corrected chi connectivity index (χ3v) is 1.38. The topological polar surface area (TPSA) is 63.1 Å². The Bertz CT molecular complexity index is 323. The maximum Gasteiger partial charge on any atom is 0.356 e. The van der Waals surface area contributed by atoms with Gasteiger partial charge in [0.2, 0.25) is 0 Å². The number of hydrogen-bond donors (Lipinski definition) is 1. The van der Waals surface area contributed by atoms with Gasteiger partial charge in [-0.2, -0.15) is 0 Å². The van der Waals surface area contributed by atoms with Gasteiger partial charge in [0.05, 0.1) is 18.1 Å². The van der Waals surface area contributed by atoms with E-state index in [-0.39, 0.29) is 11.4 Å². The molecule has 1 atom stereocenters. The zero-order valence-electron chi connectivity index (χ0n) is 6.64. The van der Waals surface area contributed by atoms with Crippen molar-refractivity contribution in [3.63, 3.8) is 0 Å². The van der Waals surface area contributed by atoms with Crippen molar-refractivity contribution in [1.29, 1.82) is 0 Å². The Balaban J connectivity index is 2.93. The van der Waals surface area contributed by atoms with Gasteiger partial charge in [-0.15, -0.1) is 0 Å². The van der Waals surface area contributed by atoms with Crippen LogP contribution >= 0.6 is 0 Å². The van der Waals surface area contributed by atoms with Crippen molar-refractivity contribution >= 4 is 5.97 Å². The second-order valence-electron chi connectivity index (χ2n) is 2.27. The lowest BCUT2D eigenvalue weighted by Gasteiger charge is -2.00. The molecule has 0 saturated heterocycles. The molecule has 0 aliphatic rings. The van der Waals surface area contributed by atoms with E-state index in [1.54, 1.807) is 0 Å². The number of rotatable bonds is 3. The largest absolute Gasteiger partial charge is 0.476 e. The molecular formula is C8H7FN2O2. The fourth-order valence-electron chi connectivity index (χ4n) is 0.712. The second-order valence-corrected chi connectivity index (χ2v) is 2.27. The van der Waals surface area contributed by atoms with Crippen LogP contribution < -0.4 is 0 Å². The van der Waals surface area contributed by atoms with E-state index >= 15 is 0 Å². The first-order chi connectivity index (χ1) is 6.15. The third-order valence-electron chi connectivity index (χ3n) is 1.38. The summed E-state index contributed by atoms with van der Waals surface area (Å²) in [5.74, 6) is -1.19. The van der Waals surface area contributed by atoms with E-state index in [4.69, 9.17) is 5.11 Å². The van der Waals surface area contributed by atoms with Crippen LogP contribution in [0.15, 0.2) is 25.0 Å². The molecule has 0 aliphatic carbocycles. The van der Waals surface area contributed by atoms with Gasteiger partial charge in [-0.05, 0) is 0 Å². The number of aromatic carboxylic acids is 1. The second kappa shape index (κ2) is 3.75. The van der Waals surface area contributed by atoms with Gasteiger partial charge in [-0.1, -0.05) is 12.7 Å². The molecule has 0 amide bonds. The Kier molecular flexibility index (Phi) is 2.69. The van der Waals surface area contributed by atoms with Crippen molar-refractivity contribution in [1.82, 2.24) is 9.97 Å². The van der Waals surface area contributed by atoms with Gasteiger partial charge in [-0.3, -0.25) is 4.98 Å². The Hall–Kier alpha value is -1.78. The number of carboxylic acid groups (broad SMARTS) is 1. The van der Waals surface area contributed by atoms with E-state index in [0.29, 0.717) is 0 Å². The molecule has 1 unspecified atom stereocenters. The summed E-state index contributed by atoms with van der Waals surface area (Å²) in [6, 6.07) is 0. The number of aromatic nitrogens is 2. The minimum Gasteiger partial charge on any atom is -0.476 e. The zero-order chi connectivity index (χ0) is 9.84. The van der Waals surface area contributed by atoms with Crippen molar-refractivity contribution in [2.24, 2.45) is 0 Å². The van der Waals surface area contributed by atoms with E-state index in [2.05, 4.69) is 16.5 Å². The molecule has 4 nitrogen and oxygen atoms in total. The van der Waals surface area contributed by atoms with E-state index in [1.165, 1.54) is 0 Å². The number of hydrogen-bond acceptors (Lipinski definition) is 3. The zero-order valence-corrected chi connectivity index (χ0v) is 6.64. The minimum absolute atomic E-state index is 0.0556. The van der Waals surface area contributed by atoms with Crippen molar-refractivity contribution in [3.05, 3.63) is 36.4 Å². The van der Waals surface area contributed by atoms with Crippen LogP contribution in [0.4, 0.5) is 4.39 Å². The molecule has 0 radical (unpaired) electrons. The summed E-state index contributed by atoms with van der Waals surface area (Å²) in [7, 11) is 0. The van der Waals surface area contributed by atoms with E-state index in [9.17, 15) is 9.18 Å². The molecule has 5 heteroatoms. The average molecular weight is 182 g/mol. The number of carbonyl (C=O) groups is 1. The highest BCUT2D eigenvalue weighted by atomic mass is 19.1. The summed E-state index contributed by atoms with van der Waals surface area (Å²) in [6.45, 7) is 3.24. The predicted molar refractivity (Wildman–Crippen MR) is 43.0 cm³/mol. The number of halogens is 1. The lowest BCUT2D eigenvalue weighted by atomic mass is 10.3. The van der Waals surface area contributed by atoms with Gasteiger partial charge in [-0.25, -0.2) is 14.2 Å². The maximum atomic E-state index is 12.8. The molecular weight excluding hydrogens is 175 g/mol. The monoisotopic (exact) mass is 182 g/mol. The van der Waals surface area contributed by atoms with Gasteiger partial charge < -0.3 is 5.11 Å². The molecule has 1 N–H and O–H groups in total. The third kappa shape index (κ3) is 2.08. The smallest absolute Gasteiger partial charge is 0.356 e. The first-order valence-corrected chi connectivity index (χ1v) is 3.47. The molecule has 0 aromatic carbocycles. The summed E-state index contributed by atoms with van der Waals surface area (Å²) in [4.78, 5) is 17.4. The Morgan fingerprint density at radius 2 is 2.31 bits per heavy atom. The van der Waals surface area contributed by atoms with Crippen LogP contribution in [0.2, 0.25) is 0 Å². The Labute approximate surface area is 73.8 Å². The van der Waals surface area contributed by atoms with Crippen LogP contribution in [-0.2, 0) is 0 Å². The highest BCUT2D eigenvalue weighted by Gasteiger charge is 2.09. The van der Waals surface area contributed by atoms with Crippen LogP contribution in [0, 0.1) is 0 Å². The normalized spacial score (nSPS) is 12.1. The van der Waals surface area contributed by atoms with E-state index in [0.717, 1.165) is 18.5 Å². The molecule has 0 saturated carbocycles. The van der Waals surface area contributed by atoms with Crippen LogP contribution in [0.3, 0.4) is 0 Å². The first kappa shape index (κ1) is 9.31. The minimum atomic E-state index is -1.41. The molecule has 1 heterocycles. The standard InChI is InChI=1S/C8H7FN2O2/c1-2-5(9)6-3-11-7(4-10-6)8(12)13/h2-5H,1H2,(H,12,13). The summed E-state index contributed by atoms with van der Waals surface area (Å²) in [5.41, 5.74) is -0.153. The molecule has 0 fully saturated rings. The predicted octanol–water partition coefficient (Wildman–Crippen LogP) is 1.37. The number of nitrogens with zero attached hydrogens (tertiary/aromatic N) is 2. The average Bonchev–Trinajstić information content (AvgIpc) is 2.17. The molecule has 0 bridgehead atoms. The van der Waals surface area contributed by atoms with Gasteiger partial charge in [0.25, 0.3) is 0 Å².